The predicted octanol–water partition coefficient (Wildman–Crippen LogP) is 4.71. The maximum Gasteiger partial charge on any atom is 0.241 e. The van der Waals surface area contributed by atoms with Gasteiger partial charge in [-0.2, -0.15) is 4.98 Å². The summed E-state index contributed by atoms with van der Waals surface area (Å²) in [4.78, 5) is 4.32. The van der Waals surface area contributed by atoms with Crippen LogP contribution < -0.4 is 15.8 Å². The van der Waals surface area contributed by atoms with Gasteiger partial charge in [0.2, 0.25) is 11.9 Å². The molecule has 2 aromatic carbocycles. The number of nitrogens with two attached hydrogens (primary N) is 1. The van der Waals surface area contributed by atoms with Crippen molar-refractivity contribution in [3.63, 3.8) is 0 Å². The van der Waals surface area contributed by atoms with Crippen LogP contribution >= 0.6 is 23.2 Å². The Kier molecular flexibility index (Phi) is 4.85. The molecule has 6 nitrogen and oxygen atoms in total. The molecule has 0 unspecified atom stereocenters. The van der Waals surface area contributed by atoms with Gasteiger partial charge < -0.3 is 15.8 Å². The quantitative estimate of drug-likeness (QED) is 0.659. The van der Waals surface area contributed by atoms with Crippen molar-refractivity contribution in [2.75, 3.05) is 17.7 Å². The Labute approximate surface area is 167 Å². The topological polar surface area (TPSA) is 78.0 Å². The molecule has 0 spiro atoms. The zero-order valence-electron chi connectivity index (χ0n) is 14.7. The summed E-state index contributed by atoms with van der Waals surface area (Å²) in [5.74, 6) is 1.71. The van der Waals surface area contributed by atoms with E-state index in [0.717, 1.165) is 23.3 Å². The number of fused-ring (bicyclic) bond motifs is 1. The lowest BCUT2D eigenvalue weighted by Crippen LogP contribution is -2.28. The van der Waals surface area contributed by atoms with E-state index in [1.807, 2.05) is 35.9 Å². The normalized spacial score (nSPS) is 18.6. The molecule has 8 heteroatoms. The van der Waals surface area contributed by atoms with Crippen molar-refractivity contribution in [1.82, 2.24) is 14.8 Å². The minimum atomic E-state index is -0.0128. The molecule has 0 saturated carbocycles. The van der Waals surface area contributed by atoms with Crippen molar-refractivity contribution < 1.29 is 4.74 Å². The number of hydrogen-bond acceptors (Lipinski definition) is 5. The van der Waals surface area contributed by atoms with Crippen LogP contribution in [0.3, 0.4) is 0 Å². The van der Waals surface area contributed by atoms with Gasteiger partial charge in [-0.25, -0.2) is 4.68 Å². The smallest absolute Gasteiger partial charge is 0.241 e. The third kappa shape index (κ3) is 3.55. The van der Waals surface area contributed by atoms with Gasteiger partial charge in [-0.1, -0.05) is 41.4 Å². The Hall–Kier alpha value is -2.44. The Morgan fingerprint density at radius 2 is 1.89 bits per heavy atom. The molecule has 0 bridgehead atoms. The maximum absolute atomic E-state index is 6.21. The van der Waals surface area contributed by atoms with E-state index in [2.05, 4.69) is 27.5 Å². The van der Waals surface area contributed by atoms with Crippen LogP contribution in [0.5, 0.6) is 5.75 Å². The summed E-state index contributed by atoms with van der Waals surface area (Å²) in [5, 5.41) is 8.83. The zero-order valence-corrected chi connectivity index (χ0v) is 16.2. The van der Waals surface area contributed by atoms with Gasteiger partial charge in [0, 0.05) is 0 Å². The second-order valence-corrected chi connectivity index (χ2v) is 7.18. The molecule has 0 saturated heterocycles. The number of aromatic nitrogens is 3. The fourth-order valence-corrected chi connectivity index (χ4v) is 3.68. The van der Waals surface area contributed by atoms with Crippen molar-refractivity contribution >= 4 is 35.1 Å². The van der Waals surface area contributed by atoms with Gasteiger partial charge in [-0.05, 0) is 48.7 Å². The molecule has 27 heavy (non-hydrogen) atoms. The highest BCUT2D eigenvalue weighted by atomic mass is 35.5. The molecule has 4 rings (SSSR count). The minimum Gasteiger partial charge on any atom is -0.494 e. The van der Waals surface area contributed by atoms with E-state index in [9.17, 15) is 0 Å². The van der Waals surface area contributed by atoms with Crippen LogP contribution in [0, 0.1) is 0 Å². The highest BCUT2D eigenvalue weighted by molar-refractivity contribution is 6.42. The highest BCUT2D eigenvalue weighted by Gasteiger charge is 2.31. The maximum atomic E-state index is 6.21. The number of nitrogen functional groups attached to an aromatic ring is 1. The molecular formula is C19H19Cl2N5O. The second kappa shape index (κ2) is 7.29. The largest absolute Gasteiger partial charge is 0.494 e. The van der Waals surface area contributed by atoms with Crippen molar-refractivity contribution in [3.05, 3.63) is 63.6 Å². The fraction of sp³-hybridized carbons (Fsp3) is 0.263. The second-order valence-electron chi connectivity index (χ2n) is 6.36. The molecule has 2 atom stereocenters. The number of halogens is 2. The highest BCUT2D eigenvalue weighted by Crippen LogP contribution is 2.39. The van der Waals surface area contributed by atoms with Gasteiger partial charge in [0.25, 0.3) is 0 Å². The van der Waals surface area contributed by atoms with Crippen molar-refractivity contribution in [2.45, 2.75) is 25.4 Å². The van der Waals surface area contributed by atoms with Gasteiger partial charge in [0.1, 0.15) is 5.75 Å². The molecule has 0 fully saturated rings. The number of nitrogens with zero attached hydrogens (tertiary/aromatic N) is 3. The van der Waals surface area contributed by atoms with Crippen LogP contribution in [0.25, 0.3) is 0 Å². The molecule has 1 aliphatic heterocycles. The van der Waals surface area contributed by atoms with Crippen LogP contribution in [0.15, 0.2) is 42.5 Å². The SMILES string of the molecule is CCOc1ccc([C@H]2C[C@@H](c3ccc(Cl)c(Cl)c3)Nc3nc(N)nn32)cc1. The average molecular weight is 404 g/mol. The van der Waals surface area contributed by atoms with Crippen LogP contribution in [0.1, 0.15) is 36.6 Å². The number of nitrogens with one attached hydrogen (secondary N) is 1. The molecule has 0 aliphatic carbocycles. The third-order valence-electron chi connectivity index (χ3n) is 4.63. The molecule has 1 aliphatic rings. The summed E-state index contributed by atoms with van der Waals surface area (Å²) in [7, 11) is 0. The van der Waals surface area contributed by atoms with E-state index >= 15 is 0 Å². The summed E-state index contributed by atoms with van der Waals surface area (Å²) >= 11 is 12.3. The van der Waals surface area contributed by atoms with E-state index in [4.69, 9.17) is 33.7 Å². The van der Waals surface area contributed by atoms with Crippen LogP contribution in [0.2, 0.25) is 10.0 Å². The van der Waals surface area contributed by atoms with E-state index in [1.54, 1.807) is 6.07 Å². The monoisotopic (exact) mass is 403 g/mol. The Balaban J connectivity index is 1.70. The van der Waals surface area contributed by atoms with Gasteiger partial charge >= 0.3 is 0 Å². The van der Waals surface area contributed by atoms with Crippen LogP contribution in [0.4, 0.5) is 11.9 Å². The van der Waals surface area contributed by atoms with E-state index in [-0.39, 0.29) is 18.0 Å². The molecule has 0 amide bonds. The van der Waals surface area contributed by atoms with Gasteiger partial charge in [0.15, 0.2) is 0 Å². The van der Waals surface area contributed by atoms with Crippen molar-refractivity contribution in [3.8, 4) is 5.75 Å². The number of ether oxygens (including phenoxy) is 1. The summed E-state index contributed by atoms with van der Waals surface area (Å²) in [6.07, 6.45) is 0.766. The fourth-order valence-electron chi connectivity index (χ4n) is 3.37. The van der Waals surface area contributed by atoms with Crippen LogP contribution in [-0.2, 0) is 0 Å². The van der Waals surface area contributed by atoms with E-state index in [0.29, 0.717) is 22.6 Å². The molecule has 140 valence electrons. The number of benzene rings is 2. The standard InChI is InChI=1S/C19H19Cl2N5O/c1-2-27-13-6-3-11(4-7-13)17-10-16(12-5-8-14(20)15(21)9-12)23-19-24-18(22)25-26(17)19/h3-9,16-17H,2,10H2,1H3,(H3,22,23,24,25)/t16-,17+/m0/s1. The lowest BCUT2D eigenvalue weighted by Gasteiger charge is -2.32. The van der Waals surface area contributed by atoms with Crippen molar-refractivity contribution in [1.29, 1.82) is 0 Å². The molecule has 1 aromatic heterocycles. The lowest BCUT2D eigenvalue weighted by molar-refractivity contribution is 0.340. The molecular weight excluding hydrogens is 385 g/mol. The molecule has 2 heterocycles. The molecule has 3 N–H and O–H groups in total. The third-order valence-corrected chi connectivity index (χ3v) is 5.37. The van der Waals surface area contributed by atoms with E-state index in [1.165, 1.54) is 0 Å². The average Bonchev–Trinajstić information content (AvgIpc) is 3.04. The summed E-state index contributed by atoms with van der Waals surface area (Å²) < 4.78 is 7.37. The Morgan fingerprint density at radius 1 is 1.15 bits per heavy atom. The summed E-state index contributed by atoms with van der Waals surface area (Å²) in [6.45, 7) is 2.60. The Bertz CT molecular complexity index is 957. The molecule has 0 radical (unpaired) electrons. The van der Waals surface area contributed by atoms with E-state index < -0.39 is 0 Å². The summed E-state index contributed by atoms with van der Waals surface area (Å²) in [5.41, 5.74) is 7.99. The predicted molar refractivity (Wildman–Crippen MR) is 108 cm³/mol. The first-order chi connectivity index (χ1) is 13.0. The first kappa shape index (κ1) is 17.9. The van der Waals surface area contributed by atoms with Crippen molar-refractivity contribution in [2.24, 2.45) is 0 Å². The van der Waals surface area contributed by atoms with Crippen LogP contribution in [-0.4, -0.2) is 21.4 Å². The molecule has 3 aromatic rings. The minimum absolute atomic E-state index is 0.00688. The van der Waals surface area contributed by atoms with Gasteiger partial charge in [-0.15, -0.1) is 5.10 Å². The Morgan fingerprint density at radius 3 is 2.59 bits per heavy atom. The first-order valence-corrected chi connectivity index (χ1v) is 9.47. The number of hydrogen-bond donors (Lipinski definition) is 2. The van der Waals surface area contributed by atoms with Gasteiger partial charge in [0.05, 0.1) is 28.7 Å². The zero-order chi connectivity index (χ0) is 19.0. The number of anilines is 2. The van der Waals surface area contributed by atoms with Gasteiger partial charge in [-0.3, -0.25) is 0 Å². The lowest BCUT2D eigenvalue weighted by atomic mass is 9.93. The summed E-state index contributed by atoms with van der Waals surface area (Å²) in [6, 6.07) is 13.7. The first-order valence-electron chi connectivity index (χ1n) is 8.71. The number of rotatable bonds is 4.